The fourth-order valence-electron chi connectivity index (χ4n) is 1.95. The first kappa shape index (κ1) is 11.5. The maximum absolute atomic E-state index is 5.76. The predicted molar refractivity (Wildman–Crippen MR) is 77.2 cm³/mol. The van der Waals surface area contributed by atoms with Crippen molar-refractivity contribution in [3.63, 3.8) is 0 Å². The molecule has 0 atom stereocenters. The molecule has 0 aliphatic heterocycles. The van der Waals surface area contributed by atoms with Gasteiger partial charge in [-0.3, -0.25) is 0 Å². The van der Waals surface area contributed by atoms with Gasteiger partial charge in [0, 0.05) is 43.9 Å². The molecule has 0 aliphatic rings. The molecule has 0 spiro atoms. The number of aromatic nitrogens is 3. The first-order valence-electron chi connectivity index (χ1n) is 6.01. The van der Waals surface area contributed by atoms with Gasteiger partial charge in [-0.05, 0) is 24.3 Å². The quantitative estimate of drug-likeness (QED) is 0.759. The maximum atomic E-state index is 5.76. The Labute approximate surface area is 111 Å². The molecular formula is C14H15N5. The molecule has 0 aromatic carbocycles. The van der Waals surface area contributed by atoms with E-state index in [1.54, 1.807) is 0 Å². The Morgan fingerprint density at radius 2 is 1.95 bits per heavy atom. The van der Waals surface area contributed by atoms with Gasteiger partial charge in [0.15, 0.2) is 0 Å². The summed E-state index contributed by atoms with van der Waals surface area (Å²) in [5, 5.41) is 0. The molecule has 5 heteroatoms. The highest BCUT2D eigenvalue weighted by Gasteiger charge is 2.05. The molecule has 2 N–H and O–H groups in total. The molecule has 0 unspecified atom stereocenters. The average Bonchev–Trinajstić information content (AvgIpc) is 2.81. The fourth-order valence-corrected chi connectivity index (χ4v) is 1.95. The Morgan fingerprint density at radius 3 is 2.63 bits per heavy atom. The Kier molecular flexibility index (Phi) is 2.59. The largest absolute Gasteiger partial charge is 0.398 e. The number of nitrogens with zero attached hydrogens (tertiary/aromatic N) is 4. The van der Waals surface area contributed by atoms with Crippen LogP contribution in [0.15, 0.2) is 42.9 Å². The molecule has 0 bridgehead atoms. The van der Waals surface area contributed by atoms with Crippen molar-refractivity contribution in [3.05, 3.63) is 42.9 Å². The van der Waals surface area contributed by atoms with E-state index in [1.807, 2.05) is 66.3 Å². The summed E-state index contributed by atoms with van der Waals surface area (Å²) in [6.07, 6.45) is 5.64. The molecule has 5 nitrogen and oxygen atoms in total. The van der Waals surface area contributed by atoms with E-state index in [9.17, 15) is 0 Å². The van der Waals surface area contributed by atoms with Crippen LogP contribution >= 0.6 is 0 Å². The highest BCUT2D eigenvalue weighted by Crippen LogP contribution is 2.20. The number of pyridine rings is 2. The van der Waals surface area contributed by atoms with E-state index in [4.69, 9.17) is 5.73 Å². The minimum atomic E-state index is 0.720. The first-order valence-corrected chi connectivity index (χ1v) is 6.01. The zero-order chi connectivity index (χ0) is 13.4. The topological polar surface area (TPSA) is 59.5 Å². The normalized spacial score (nSPS) is 10.8. The molecule has 0 fully saturated rings. The van der Waals surface area contributed by atoms with E-state index in [1.165, 1.54) is 0 Å². The molecule has 3 aromatic rings. The third-order valence-electron chi connectivity index (χ3n) is 2.98. The lowest BCUT2D eigenvalue weighted by Crippen LogP contribution is -2.09. The smallest absolute Gasteiger partial charge is 0.137 e. The van der Waals surface area contributed by atoms with E-state index in [2.05, 4.69) is 9.97 Å². The summed E-state index contributed by atoms with van der Waals surface area (Å²) in [5.41, 5.74) is 9.24. The van der Waals surface area contributed by atoms with E-state index in [-0.39, 0.29) is 0 Å². The number of rotatable bonds is 2. The van der Waals surface area contributed by atoms with Crippen LogP contribution < -0.4 is 10.6 Å². The minimum absolute atomic E-state index is 0.720. The van der Waals surface area contributed by atoms with Gasteiger partial charge in [0.2, 0.25) is 0 Å². The Balaban J connectivity index is 2.03. The van der Waals surface area contributed by atoms with Crippen molar-refractivity contribution in [1.29, 1.82) is 0 Å². The monoisotopic (exact) mass is 253 g/mol. The summed E-state index contributed by atoms with van der Waals surface area (Å²) in [6, 6.07) is 7.75. The van der Waals surface area contributed by atoms with Crippen molar-refractivity contribution < 1.29 is 0 Å². The van der Waals surface area contributed by atoms with Gasteiger partial charge in [-0.1, -0.05) is 0 Å². The highest BCUT2D eigenvalue weighted by molar-refractivity contribution is 5.64. The average molecular weight is 253 g/mol. The standard InChI is InChI=1S/C14H15N5/c1-18(2)13-5-3-10(7-16-13)12-9-19-8-11(15)4-6-14(19)17-12/h3-9H,15H2,1-2H3. The summed E-state index contributed by atoms with van der Waals surface area (Å²) in [7, 11) is 3.94. The second kappa shape index (κ2) is 4.28. The molecule has 96 valence electrons. The molecule has 3 aromatic heterocycles. The number of hydrogen-bond donors (Lipinski definition) is 1. The first-order chi connectivity index (χ1) is 9.13. The van der Waals surface area contributed by atoms with Crippen LogP contribution in [0.2, 0.25) is 0 Å². The molecule has 0 amide bonds. The number of anilines is 2. The zero-order valence-electron chi connectivity index (χ0n) is 10.9. The highest BCUT2D eigenvalue weighted by atomic mass is 15.1. The third kappa shape index (κ3) is 2.10. The van der Waals surface area contributed by atoms with Gasteiger partial charge in [-0.2, -0.15) is 0 Å². The van der Waals surface area contributed by atoms with Crippen LogP contribution in [0.25, 0.3) is 16.9 Å². The summed E-state index contributed by atoms with van der Waals surface area (Å²) in [5.74, 6) is 0.928. The number of fused-ring (bicyclic) bond motifs is 1. The third-order valence-corrected chi connectivity index (χ3v) is 2.98. The predicted octanol–water partition coefficient (Wildman–Crippen LogP) is 2.04. The van der Waals surface area contributed by atoms with Gasteiger partial charge >= 0.3 is 0 Å². The van der Waals surface area contributed by atoms with Crippen molar-refractivity contribution >= 4 is 17.2 Å². The summed E-state index contributed by atoms with van der Waals surface area (Å²) >= 11 is 0. The molecule has 0 saturated carbocycles. The van der Waals surface area contributed by atoms with Crippen molar-refractivity contribution in [1.82, 2.24) is 14.4 Å². The second-order valence-electron chi connectivity index (χ2n) is 4.65. The van der Waals surface area contributed by atoms with Gasteiger partial charge < -0.3 is 15.0 Å². The van der Waals surface area contributed by atoms with Gasteiger partial charge in [0.25, 0.3) is 0 Å². The summed E-state index contributed by atoms with van der Waals surface area (Å²) < 4.78 is 1.92. The van der Waals surface area contributed by atoms with Crippen LogP contribution in [0, 0.1) is 0 Å². The molecule has 3 rings (SSSR count). The lowest BCUT2D eigenvalue weighted by molar-refractivity contribution is 1.07. The molecule has 0 aliphatic carbocycles. The van der Waals surface area contributed by atoms with Crippen molar-refractivity contribution in [3.8, 4) is 11.3 Å². The van der Waals surface area contributed by atoms with Gasteiger partial charge in [0.1, 0.15) is 11.5 Å². The molecule has 19 heavy (non-hydrogen) atoms. The van der Waals surface area contributed by atoms with Crippen LogP contribution in [0.3, 0.4) is 0 Å². The van der Waals surface area contributed by atoms with E-state index < -0.39 is 0 Å². The molecular weight excluding hydrogens is 238 g/mol. The summed E-state index contributed by atoms with van der Waals surface area (Å²) in [4.78, 5) is 10.9. The fraction of sp³-hybridized carbons (Fsp3) is 0.143. The maximum Gasteiger partial charge on any atom is 0.137 e. The van der Waals surface area contributed by atoms with Crippen molar-refractivity contribution in [2.24, 2.45) is 0 Å². The lowest BCUT2D eigenvalue weighted by atomic mass is 10.2. The molecule has 0 saturated heterocycles. The zero-order valence-corrected chi connectivity index (χ0v) is 10.9. The van der Waals surface area contributed by atoms with E-state index in [0.29, 0.717) is 0 Å². The van der Waals surface area contributed by atoms with Crippen LogP contribution in [-0.4, -0.2) is 28.5 Å². The van der Waals surface area contributed by atoms with E-state index in [0.717, 1.165) is 28.4 Å². The Bertz CT molecular complexity index is 712. The van der Waals surface area contributed by atoms with Crippen LogP contribution in [0.1, 0.15) is 0 Å². The van der Waals surface area contributed by atoms with Crippen LogP contribution in [-0.2, 0) is 0 Å². The van der Waals surface area contributed by atoms with Gasteiger partial charge in [-0.25, -0.2) is 9.97 Å². The van der Waals surface area contributed by atoms with E-state index >= 15 is 0 Å². The lowest BCUT2D eigenvalue weighted by Gasteiger charge is -2.10. The van der Waals surface area contributed by atoms with Crippen LogP contribution in [0.4, 0.5) is 11.5 Å². The molecule has 0 radical (unpaired) electrons. The number of hydrogen-bond acceptors (Lipinski definition) is 4. The van der Waals surface area contributed by atoms with Crippen molar-refractivity contribution in [2.45, 2.75) is 0 Å². The number of nitrogen functional groups attached to an aromatic ring is 1. The number of imidazole rings is 1. The SMILES string of the molecule is CN(C)c1ccc(-c2cn3cc(N)ccc3n2)cn1. The molecule has 3 heterocycles. The Hall–Kier alpha value is -2.56. The van der Waals surface area contributed by atoms with Crippen LogP contribution in [0.5, 0.6) is 0 Å². The Morgan fingerprint density at radius 1 is 1.11 bits per heavy atom. The second-order valence-corrected chi connectivity index (χ2v) is 4.65. The number of nitrogens with two attached hydrogens (primary N) is 1. The van der Waals surface area contributed by atoms with Gasteiger partial charge in [0.05, 0.1) is 5.69 Å². The minimum Gasteiger partial charge on any atom is -0.398 e. The van der Waals surface area contributed by atoms with Gasteiger partial charge in [-0.15, -0.1) is 0 Å². The summed E-state index contributed by atoms with van der Waals surface area (Å²) in [6.45, 7) is 0. The van der Waals surface area contributed by atoms with Crippen molar-refractivity contribution in [2.75, 3.05) is 24.7 Å².